The second kappa shape index (κ2) is 20.9. The van der Waals surface area contributed by atoms with Crippen LogP contribution in [-0.2, 0) is 12.8 Å². The zero-order valence-electron chi connectivity index (χ0n) is 42.6. The van der Waals surface area contributed by atoms with E-state index in [9.17, 15) is 0 Å². The Morgan fingerprint density at radius 1 is 0.329 bits per heavy atom. The molecule has 2 atom stereocenters. The van der Waals surface area contributed by atoms with E-state index < -0.39 is 0 Å². The van der Waals surface area contributed by atoms with Crippen molar-refractivity contribution in [3.05, 3.63) is 319 Å². The number of hydrogen-bond acceptors (Lipinski definition) is 2. The molecule has 0 bridgehead atoms. The van der Waals surface area contributed by atoms with Gasteiger partial charge in [0.05, 0.1) is 0 Å². The van der Waals surface area contributed by atoms with Crippen LogP contribution < -0.4 is 9.80 Å². The van der Waals surface area contributed by atoms with Crippen LogP contribution in [0.1, 0.15) is 46.6 Å². The summed E-state index contributed by atoms with van der Waals surface area (Å²) in [5, 5.41) is 0. The Labute approximate surface area is 448 Å². The van der Waals surface area contributed by atoms with Crippen LogP contribution in [0, 0.1) is 5.92 Å². The summed E-state index contributed by atoms with van der Waals surface area (Å²) < 4.78 is 0. The third-order valence-electron chi connectivity index (χ3n) is 15.7. The highest BCUT2D eigenvalue weighted by Crippen LogP contribution is 2.46. The van der Waals surface area contributed by atoms with Gasteiger partial charge in [0.2, 0.25) is 0 Å². The lowest BCUT2D eigenvalue weighted by atomic mass is 9.74. The van der Waals surface area contributed by atoms with Crippen molar-refractivity contribution in [1.82, 2.24) is 0 Å². The minimum absolute atomic E-state index is 0.193. The Balaban J connectivity index is 0.908. The molecule has 0 N–H and O–H groups in total. The molecule has 0 spiro atoms. The first kappa shape index (κ1) is 46.5. The number of hydrogen-bond donors (Lipinski definition) is 0. The van der Waals surface area contributed by atoms with Gasteiger partial charge in [-0.1, -0.05) is 218 Å². The van der Waals surface area contributed by atoms with E-state index in [4.69, 9.17) is 0 Å². The molecule has 0 fully saturated rings. The Morgan fingerprint density at radius 3 is 1.29 bits per heavy atom. The molecular formula is C74H58N2. The Kier molecular flexibility index (Phi) is 12.8. The smallest absolute Gasteiger partial charge is 0.0464 e. The molecule has 2 unspecified atom stereocenters. The average Bonchev–Trinajstić information content (AvgIpc) is 3.50. The largest absolute Gasteiger partial charge is 0.310 e. The maximum atomic E-state index is 2.48. The third-order valence-corrected chi connectivity index (χ3v) is 15.7. The van der Waals surface area contributed by atoms with Crippen molar-refractivity contribution >= 4 is 39.7 Å². The average molecular weight is 975 g/mol. The van der Waals surface area contributed by atoms with Gasteiger partial charge in [-0.15, -0.1) is 0 Å². The molecule has 76 heavy (non-hydrogen) atoms. The van der Waals surface area contributed by atoms with E-state index in [1.54, 1.807) is 0 Å². The van der Waals surface area contributed by atoms with Gasteiger partial charge in [0.25, 0.3) is 0 Å². The summed E-state index contributed by atoms with van der Waals surface area (Å²) in [6, 6.07) is 92.0. The van der Waals surface area contributed by atoms with Gasteiger partial charge in [0.1, 0.15) is 0 Å². The van der Waals surface area contributed by atoms with Gasteiger partial charge in [-0.2, -0.15) is 0 Å². The molecule has 364 valence electrons. The van der Waals surface area contributed by atoms with Crippen LogP contribution in [0.5, 0.6) is 0 Å². The zero-order chi connectivity index (χ0) is 50.6. The summed E-state index contributed by atoms with van der Waals surface area (Å²) in [4.78, 5) is 4.87. The first-order valence-corrected chi connectivity index (χ1v) is 26.9. The van der Waals surface area contributed by atoms with Crippen molar-refractivity contribution in [2.45, 2.75) is 31.6 Å². The fourth-order valence-electron chi connectivity index (χ4n) is 11.8. The predicted molar refractivity (Wildman–Crippen MR) is 321 cm³/mol. The molecule has 13 rings (SSSR count). The van der Waals surface area contributed by atoms with Gasteiger partial charge >= 0.3 is 0 Å². The Hall–Kier alpha value is -9.24. The van der Waals surface area contributed by atoms with E-state index in [1.807, 2.05) is 0 Å². The molecule has 10 aromatic rings. The molecule has 2 heteroatoms. The first-order valence-electron chi connectivity index (χ1n) is 26.9. The fourth-order valence-corrected chi connectivity index (χ4v) is 11.8. The standard InChI is InChI=1S/C74H58N2/c1-5-17-53(18-6-1)57-29-37-65(38-30-57)75(66-39-31-58(32-40-66)54-19-7-2-8-20-54)69-45-47-73-63(51-69)49-61-25-13-16-28-72(61)74-48-46-70(52-64(74)50-62-26-14-15-27-71(62)73)76(67-41-33-59(34-42-67)55-21-9-3-10-22-55)68-43-35-60(36-44-68)56-23-11-4-12-24-56/h1-11,13-23,25-48,51-52,61,72H,12,24,49-50H2. The lowest BCUT2D eigenvalue weighted by Gasteiger charge is -2.32. The number of allylic oxidation sites excluding steroid dienone is 8. The summed E-state index contributed by atoms with van der Waals surface area (Å²) in [5.41, 5.74) is 24.7. The monoisotopic (exact) mass is 974 g/mol. The summed E-state index contributed by atoms with van der Waals surface area (Å²) in [5.74, 6) is 0.439. The van der Waals surface area contributed by atoms with Crippen molar-refractivity contribution in [2.24, 2.45) is 5.92 Å². The predicted octanol–water partition coefficient (Wildman–Crippen LogP) is 20.0. The van der Waals surface area contributed by atoms with Crippen molar-refractivity contribution in [3.63, 3.8) is 0 Å². The molecule has 3 aliphatic rings. The highest BCUT2D eigenvalue weighted by atomic mass is 15.1. The molecule has 0 saturated heterocycles. The Bertz CT molecular complexity index is 3690. The minimum atomic E-state index is 0.193. The van der Waals surface area contributed by atoms with E-state index in [1.165, 1.54) is 77.9 Å². The highest BCUT2D eigenvalue weighted by molar-refractivity contribution is 5.84. The van der Waals surface area contributed by atoms with Crippen LogP contribution in [0.25, 0.3) is 50.1 Å². The molecule has 0 radical (unpaired) electrons. The van der Waals surface area contributed by atoms with E-state index >= 15 is 0 Å². The van der Waals surface area contributed by atoms with Crippen LogP contribution in [0.4, 0.5) is 34.1 Å². The molecule has 0 amide bonds. The lowest BCUT2D eigenvalue weighted by Crippen LogP contribution is -2.18. The number of fused-ring (bicyclic) bond motifs is 6. The zero-order valence-corrected chi connectivity index (χ0v) is 42.6. The number of anilines is 6. The van der Waals surface area contributed by atoms with Gasteiger partial charge in [0.15, 0.2) is 0 Å². The minimum Gasteiger partial charge on any atom is -0.310 e. The first-order chi connectivity index (χ1) is 37.7. The van der Waals surface area contributed by atoms with E-state index in [-0.39, 0.29) is 11.8 Å². The van der Waals surface area contributed by atoms with Gasteiger partial charge in [-0.25, -0.2) is 0 Å². The molecule has 10 aromatic carbocycles. The number of nitrogens with zero attached hydrogens (tertiary/aromatic N) is 2. The van der Waals surface area contributed by atoms with Gasteiger partial charge in [0, 0.05) is 40.0 Å². The van der Waals surface area contributed by atoms with E-state index in [0.717, 1.165) is 59.8 Å². The van der Waals surface area contributed by atoms with E-state index in [2.05, 4.69) is 301 Å². The van der Waals surface area contributed by atoms with Gasteiger partial charge in [-0.05, 0) is 182 Å². The normalized spacial score (nSPS) is 15.3. The SMILES string of the molecule is C1=CCCC(c2ccc(N(c3ccc(-c4ccccc4)cc3)c3ccc4c(c3)Cc3ccccc3-c3ccc(N(c5ccc(-c6ccccc6)cc5)c5ccc(-c6ccccc6)cc5)cc3CC3C=CC=CC43)cc2)=C1. The summed E-state index contributed by atoms with van der Waals surface area (Å²) in [6.07, 6.45) is 20.0. The molecule has 0 heterocycles. The topological polar surface area (TPSA) is 6.48 Å². The van der Waals surface area contributed by atoms with Crippen molar-refractivity contribution in [3.8, 4) is 44.5 Å². The van der Waals surface area contributed by atoms with E-state index in [0.29, 0.717) is 0 Å². The maximum absolute atomic E-state index is 2.48. The second-order valence-electron chi connectivity index (χ2n) is 20.3. The molecular weight excluding hydrogens is 917 g/mol. The van der Waals surface area contributed by atoms with Crippen LogP contribution >= 0.6 is 0 Å². The fraction of sp³-hybridized carbons (Fsp3) is 0.0811. The van der Waals surface area contributed by atoms with Crippen LogP contribution in [-0.4, -0.2) is 0 Å². The van der Waals surface area contributed by atoms with Crippen molar-refractivity contribution < 1.29 is 0 Å². The van der Waals surface area contributed by atoms with Crippen molar-refractivity contribution in [2.75, 3.05) is 9.80 Å². The lowest BCUT2D eigenvalue weighted by molar-refractivity contribution is 0.571. The molecule has 0 aliphatic heterocycles. The number of rotatable bonds is 10. The molecule has 0 aromatic heterocycles. The number of benzene rings is 10. The Morgan fingerprint density at radius 2 is 0.763 bits per heavy atom. The van der Waals surface area contributed by atoms with Gasteiger partial charge < -0.3 is 9.80 Å². The molecule has 2 nitrogen and oxygen atoms in total. The molecule has 3 aliphatic carbocycles. The molecule has 0 saturated carbocycles. The summed E-state index contributed by atoms with van der Waals surface area (Å²) in [7, 11) is 0. The van der Waals surface area contributed by atoms with Crippen LogP contribution in [0.3, 0.4) is 0 Å². The quantitative estimate of drug-likeness (QED) is 0.135. The maximum Gasteiger partial charge on any atom is 0.0464 e. The third kappa shape index (κ3) is 9.47. The summed E-state index contributed by atoms with van der Waals surface area (Å²) >= 11 is 0. The van der Waals surface area contributed by atoms with Crippen LogP contribution in [0.15, 0.2) is 291 Å². The highest BCUT2D eigenvalue weighted by Gasteiger charge is 2.28. The van der Waals surface area contributed by atoms with Gasteiger partial charge in [-0.3, -0.25) is 0 Å². The second-order valence-corrected chi connectivity index (χ2v) is 20.3. The van der Waals surface area contributed by atoms with Crippen LogP contribution in [0.2, 0.25) is 0 Å². The summed E-state index contributed by atoms with van der Waals surface area (Å²) in [6.45, 7) is 0. The van der Waals surface area contributed by atoms with Crippen molar-refractivity contribution in [1.29, 1.82) is 0 Å².